The third-order valence-electron chi connectivity index (χ3n) is 9.30. The van der Waals surface area contributed by atoms with Gasteiger partial charge in [0.05, 0.1) is 37.9 Å². The molecule has 0 saturated heterocycles. The van der Waals surface area contributed by atoms with Gasteiger partial charge in [0.15, 0.2) is 23.1 Å². The second kappa shape index (κ2) is 14.8. The second-order valence-corrected chi connectivity index (χ2v) is 12.6. The fraction of sp³-hybridized carbons (Fsp3) is 0. The molecular weight excluding hydrogens is 732 g/mol. The number of imidazole rings is 1. The molecule has 5 N–H and O–H groups in total. The van der Waals surface area contributed by atoms with Gasteiger partial charge in [-0.15, -0.1) is 0 Å². The van der Waals surface area contributed by atoms with Crippen LogP contribution in [0, 0.1) is 20.2 Å². The summed E-state index contributed by atoms with van der Waals surface area (Å²) in [6.45, 7) is 0. The molecular formula is C42H26N6O9. The molecule has 15 heteroatoms. The Labute approximate surface area is 320 Å². The molecule has 6 aromatic carbocycles. The maximum Gasteiger partial charge on any atom is 0.269 e. The number of hydrogen-bond donors (Lipinski definition) is 3. The second-order valence-electron chi connectivity index (χ2n) is 12.6. The number of nitrogen functional groups attached to an aromatic ring is 2. The van der Waals surface area contributed by atoms with Crippen molar-refractivity contribution in [2.45, 2.75) is 0 Å². The zero-order chi connectivity index (χ0) is 40.5. The van der Waals surface area contributed by atoms with Crippen molar-refractivity contribution >= 4 is 63.2 Å². The number of carbonyl (C=O) groups excluding carboxylic acids is 5. The highest BCUT2D eigenvalue weighted by molar-refractivity contribution is 6.32. The molecule has 2 aliphatic rings. The molecule has 7 aromatic rings. The van der Waals surface area contributed by atoms with Crippen molar-refractivity contribution in [2.75, 3.05) is 11.5 Å². The minimum Gasteiger partial charge on any atom is -0.397 e. The topological polar surface area (TPSA) is 252 Å². The van der Waals surface area contributed by atoms with E-state index in [0.717, 1.165) is 0 Å². The maximum atomic E-state index is 13.1. The summed E-state index contributed by atoms with van der Waals surface area (Å²) < 4.78 is 0. The number of nitro groups is 2. The standard InChI is InChI=1S/C21H11N3O4.C14H10N2O2.C7H5NO3/c25-19-13-3-1-2-4-14(13)20(26)17-15(19)9-10-16-18(17)23-21(22-16)11-5-7-12(8-6-11)24(27)28;15-10-6-5-9-11(12(10)16)14(18)8-4-2-1-3-7(8)13(9)17;9-5-6-1-3-7(4-2-6)8(10)11/h1-10H,(H,22,23);1-6H,15-16H2;1-5H. The van der Waals surface area contributed by atoms with Gasteiger partial charge in [-0.2, -0.15) is 0 Å². The Bertz CT molecular complexity index is 2860. The number of rotatable bonds is 4. The van der Waals surface area contributed by atoms with Gasteiger partial charge in [-0.3, -0.25) is 44.2 Å². The predicted molar refractivity (Wildman–Crippen MR) is 209 cm³/mol. The molecule has 0 saturated carbocycles. The van der Waals surface area contributed by atoms with Crippen molar-refractivity contribution in [1.82, 2.24) is 9.97 Å². The van der Waals surface area contributed by atoms with Gasteiger partial charge in [0.2, 0.25) is 0 Å². The zero-order valence-corrected chi connectivity index (χ0v) is 29.3. The molecule has 0 amide bonds. The van der Waals surface area contributed by atoms with Crippen LogP contribution >= 0.6 is 0 Å². The molecule has 1 heterocycles. The molecule has 1 aromatic heterocycles. The van der Waals surface area contributed by atoms with E-state index in [9.17, 15) is 44.2 Å². The normalized spacial score (nSPS) is 12.1. The molecule has 278 valence electrons. The van der Waals surface area contributed by atoms with Crippen LogP contribution in [0.2, 0.25) is 0 Å². The number of anilines is 2. The number of nitrogens with two attached hydrogens (primary N) is 2. The monoisotopic (exact) mass is 758 g/mol. The number of benzene rings is 6. The number of aromatic amines is 1. The number of aldehydes is 1. The first-order valence-electron chi connectivity index (χ1n) is 16.9. The molecule has 0 spiro atoms. The molecule has 57 heavy (non-hydrogen) atoms. The number of non-ortho nitro benzene ring substituents is 2. The Hall–Kier alpha value is -8.46. The van der Waals surface area contributed by atoms with Crippen LogP contribution in [-0.4, -0.2) is 49.2 Å². The van der Waals surface area contributed by atoms with Crippen LogP contribution in [0.3, 0.4) is 0 Å². The fourth-order valence-corrected chi connectivity index (χ4v) is 6.43. The lowest BCUT2D eigenvalue weighted by molar-refractivity contribution is -0.385. The first-order chi connectivity index (χ1) is 27.4. The fourth-order valence-electron chi connectivity index (χ4n) is 6.43. The number of aromatic nitrogens is 2. The van der Waals surface area contributed by atoms with Gasteiger partial charge in [0.1, 0.15) is 17.6 Å². The van der Waals surface area contributed by atoms with Gasteiger partial charge < -0.3 is 16.5 Å². The first kappa shape index (κ1) is 36.9. The highest BCUT2D eigenvalue weighted by Gasteiger charge is 2.33. The van der Waals surface area contributed by atoms with E-state index in [0.29, 0.717) is 73.3 Å². The van der Waals surface area contributed by atoms with E-state index in [1.807, 2.05) is 0 Å². The predicted octanol–water partition coefficient (Wildman–Crippen LogP) is 6.95. The summed E-state index contributed by atoms with van der Waals surface area (Å²) in [6.07, 6.45) is 0.643. The summed E-state index contributed by atoms with van der Waals surface area (Å²) in [7, 11) is 0. The third-order valence-corrected chi connectivity index (χ3v) is 9.30. The number of carbonyl (C=O) groups is 5. The van der Waals surface area contributed by atoms with Crippen molar-refractivity contribution in [1.29, 1.82) is 0 Å². The minimum atomic E-state index is -0.505. The number of nitrogens with zero attached hydrogens (tertiary/aromatic N) is 3. The summed E-state index contributed by atoms with van der Waals surface area (Å²) in [5, 5.41) is 20.9. The zero-order valence-electron chi connectivity index (χ0n) is 29.3. The van der Waals surface area contributed by atoms with Crippen molar-refractivity contribution < 1.29 is 33.8 Å². The molecule has 0 bridgehead atoms. The quantitative estimate of drug-likeness (QED) is 0.0714. The number of nitro benzene ring substituents is 2. The van der Waals surface area contributed by atoms with Gasteiger partial charge >= 0.3 is 0 Å². The van der Waals surface area contributed by atoms with Crippen LogP contribution in [0.5, 0.6) is 0 Å². The Kier molecular flexibility index (Phi) is 9.55. The smallest absolute Gasteiger partial charge is 0.269 e. The molecule has 0 atom stereocenters. The number of fused-ring (bicyclic) bond motifs is 6. The number of ketones is 4. The van der Waals surface area contributed by atoms with Crippen LogP contribution in [0.15, 0.2) is 121 Å². The lowest BCUT2D eigenvalue weighted by atomic mass is 9.83. The summed E-state index contributed by atoms with van der Waals surface area (Å²) >= 11 is 0. The summed E-state index contributed by atoms with van der Waals surface area (Å²) in [5.41, 5.74) is 16.8. The molecule has 9 rings (SSSR count). The minimum absolute atomic E-state index is 0.00407. The van der Waals surface area contributed by atoms with E-state index in [-0.39, 0.29) is 51.3 Å². The van der Waals surface area contributed by atoms with Gasteiger partial charge in [-0.1, -0.05) is 48.5 Å². The number of H-pyrrole nitrogens is 1. The molecule has 15 nitrogen and oxygen atoms in total. The summed E-state index contributed by atoms with van der Waals surface area (Å²) in [4.78, 5) is 88.2. The van der Waals surface area contributed by atoms with Crippen molar-refractivity contribution in [3.63, 3.8) is 0 Å². The Balaban J connectivity index is 0.000000146. The lowest BCUT2D eigenvalue weighted by Gasteiger charge is -2.19. The van der Waals surface area contributed by atoms with Crippen LogP contribution in [0.25, 0.3) is 22.4 Å². The number of nitrogens with one attached hydrogen (secondary N) is 1. The SMILES string of the molecule is Nc1ccc2c(c1N)C(=O)c1ccccc1C2=O.O=C1c2ccccc2C(=O)c2c1ccc1[nH]c(-c3ccc([N+](=O)[O-])cc3)nc21.O=Cc1ccc([N+](=O)[O-])cc1. The van der Waals surface area contributed by atoms with Crippen LogP contribution in [0.1, 0.15) is 74.0 Å². The van der Waals surface area contributed by atoms with E-state index in [1.165, 1.54) is 36.4 Å². The first-order valence-corrected chi connectivity index (χ1v) is 16.9. The van der Waals surface area contributed by atoms with Crippen molar-refractivity contribution in [3.8, 4) is 11.4 Å². The average Bonchev–Trinajstić information content (AvgIpc) is 3.68. The van der Waals surface area contributed by atoms with Crippen LogP contribution in [-0.2, 0) is 0 Å². The van der Waals surface area contributed by atoms with E-state index >= 15 is 0 Å². The average molecular weight is 759 g/mol. The van der Waals surface area contributed by atoms with E-state index in [1.54, 1.807) is 84.9 Å². The Morgan fingerprint density at radius 2 is 1.00 bits per heavy atom. The lowest BCUT2D eigenvalue weighted by Crippen LogP contribution is -2.22. The summed E-state index contributed by atoms with van der Waals surface area (Å²) in [6, 6.07) is 31.3. The van der Waals surface area contributed by atoms with Crippen molar-refractivity contribution in [2.24, 2.45) is 0 Å². The maximum absolute atomic E-state index is 13.1. The Morgan fingerprint density at radius 3 is 1.51 bits per heavy atom. The van der Waals surface area contributed by atoms with E-state index in [2.05, 4.69) is 9.97 Å². The molecule has 2 aliphatic carbocycles. The molecule has 0 radical (unpaired) electrons. The third kappa shape index (κ3) is 6.67. The highest BCUT2D eigenvalue weighted by Crippen LogP contribution is 2.35. The molecule has 0 unspecified atom stereocenters. The number of hydrogen-bond acceptors (Lipinski definition) is 12. The summed E-state index contributed by atoms with van der Waals surface area (Å²) in [5.74, 6) is -0.404. The van der Waals surface area contributed by atoms with Crippen molar-refractivity contribution in [3.05, 3.63) is 192 Å². The molecule has 0 aliphatic heterocycles. The van der Waals surface area contributed by atoms with Gasteiger partial charge in [0, 0.05) is 68.8 Å². The van der Waals surface area contributed by atoms with Gasteiger partial charge in [-0.05, 0) is 48.5 Å². The highest BCUT2D eigenvalue weighted by atomic mass is 16.6. The van der Waals surface area contributed by atoms with Crippen LogP contribution < -0.4 is 11.5 Å². The van der Waals surface area contributed by atoms with Crippen LogP contribution in [0.4, 0.5) is 22.7 Å². The van der Waals surface area contributed by atoms with Gasteiger partial charge in [-0.25, -0.2) is 4.98 Å². The van der Waals surface area contributed by atoms with E-state index < -0.39 is 9.85 Å². The largest absolute Gasteiger partial charge is 0.397 e. The van der Waals surface area contributed by atoms with Gasteiger partial charge in [0.25, 0.3) is 11.4 Å². The molecule has 0 fully saturated rings. The Morgan fingerprint density at radius 1 is 0.544 bits per heavy atom. The van der Waals surface area contributed by atoms with E-state index in [4.69, 9.17) is 11.5 Å².